The molecule has 2 rings (SSSR count). The summed E-state index contributed by atoms with van der Waals surface area (Å²) in [5.74, 6) is 0.714. The first-order valence-electron chi connectivity index (χ1n) is 7.38. The predicted octanol–water partition coefficient (Wildman–Crippen LogP) is 2.99. The Labute approximate surface area is 131 Å². The Balaban J connectivity index is 2.25. The Morgan fingerprint density at radius 1 is 1.52 bits per heavy atom. The lowest BCUT2D eigenvalue weighted by atomic mass is 9.73. The van der Waals surface area contributed by atoms with Crippen molar-refractivity contribution in [3.05, 3.63) is 28.8 Å². The normalized spacial score (nSPS) is 25.4. The Morgan fingerprint density at radius 3 is 2.90 bits per heavy atom. The number of amides is 1. The molecule has 1 amide bonds. The molecule has 21 heavy (non-hydrogen) atoms. The van der Waals surface area contributed by atoms with Crippen LogP contribution in [0.4, 0.5) is 0 Å². The molecule has 0 aliphatic heterocycles. The Hall–Kier alpha value is -1.26. The summed E-state index contributed by atoms with van der Waals surface area (Å²) in [6.45, 7) is 2.60. The third-order valence-corrected chi connectivity index (χ3v) is 4.82. The van der Waals surface area contributed by atoms with Crippen LogP contribution < -0.4 is 15.8 Å². The van der Waals surface area contributed by atoms with Crippen molar-refractivity contribution in [3.63, 3.8) is 0 Å². The minimum Gasteiger partial charge on any atom is -0.496 e. The van der Waals surface area contributed by atoms with Crippen LogP contribution in [-0.2, 0) is 0 Å². The van der Waals surface area contributed by atoms with Crippen LogP contribution in [0.15, 0.2) is 18.2 Å². The third-order valence-electron chi connectivity index (χ3n) is 4.59. The number of ether oxygens (including phenoxy) is 1. The quantitative estimate of drug-likeness (QED) is 0.898. The van der Waals surface area contributed by atoms with E-state index in [2.05, 4.69) is 12.2 Å². The number of benzene rings is 1. The summed E-state index contributed by atoms with van der Waals surface area (Å²) in [7, 11) is 1.54. The van der Waals surface area contributed by atoms with Gasteiger partial charge in [0.1, 0.15) is 5.75 Å². The number of hydrogen-bond acceptors (Lipinski definition) is 3. The second-order valence-corrected chi connectivity index (χ2v) is 6.24. The lowest BCUT2D eigenvalue weighted by molar-refractivity contribution is 0.0810. The molecule has 0 aromatic heterocycles. The van der Waals surface area contributed by atoms with Crippen molar-refractivity contribution in [2.75, 3.05) is 13.7 Å². The molecule has 1 aliphatic carbocycles. The van der Waals surface area contributed by atoms with Gasteiger partial charge in [-0.05, 0) is 37.0 Å². The molecular formula is C16H23ClN2O2. The van der Waals surface area contributed by atoms with Crippen molar-refractivity contribution in [2.24, 2.45) is 11.7 Å². The van der Waals surface area contributed by atoms with Crippen molar-refractivity contribution in [2.45, 2.75) is 38.1 Å². The minimum absolute atomic E-state index is 0.173. The first kappa shape index (κ1) is 16.1. The van der Waals surface area contributed by atoms with Gasteiger partial charge >= 0.3 is 0 Å². The summed E-state index contributed by atoms with van der Waals surface area (Å²) >= 11 is 6.00. The summed E-state index contributed by atoms with van der Waals surface area (Å²) < 4.78 is 5.25. The fraction of sp³-hybridized carbons (Fsp3) is 0.562. The average Bonchev–Trinajstić information content (AvgIpc) is 2.49. The number of carbonyl (C=O) groups excluding carboxylic acids is 1. The van der Waals surface area contributed by atoms with Gasteiger partial charge in [-0.25, -0.2) is 0 Å². The summed E-state index contributed by atoms with van der Waals surface area (Å²) in [4.78, 5) is 12.6. The highest BCUT2D eigenvalue weighted by Gasteiger charge is 2.38. The molecule has 2 atom stereocenters. The highest BCUT2D eigenvalue weighted by Crippen LogP contribution is 2.34. The zero-order valence-electron chi connectivity index (χ0n) is 12.6. The number of methoxy groups -OCH3 is 1. The third kappa shape index (κ3) is 3.33. The van der Waals surface area contributed by atoms with Crippen molar-refractivity contribution >= 4 is 17.5 Å². The molecule has 1 fully saturated rings. The first-order valence-corrected chi connectivity index (χ1v) is 7.76. The Kier molecular flexibility index (Phi) is 5.12. The van der Waals surface area contributed by atoms with Gasteiger partial charge in [-0.15, -0.1) is 0 Å². The van der Waals surface area contributed by atoms with Crippen LogP contribution in [0.3, 0.4) is 0 Å². The summed E-state index contributed by atoms with van der Waals surface area (Å²) in [5, 5.41) is 3.66. The molecule has 5 heteroatoms. The van der Waals surface area contributed by atoms with Crippen molar-refractivity contribution < 1.29 is 9.53 Å². The minimum atomic E-state index is -0.331. The van der Waals surface area contributed by atoms with E-state index >= 15 is 0 Å². The zero-order chi connectivity index (χ0) is 15.5. The molecule has 116 valence electrons. The maximum atomic E-state index is 12.6. The highest BCUT2D eigenvalue weighted by atomic mass is 35.5. The van der Waals surface area contributed by atoms with Crippen molar-refractivity contribution in [1.82, 2.24) is 5.32 Å². The standard InChI is InChI=1S/C16H23ClN2O2/c1-11-5-3-4-8-16(11,10-18)19-15(20)13-9-12(17)6-7-14(13)21-2/h6-7,9,11H,3-5,8,10,18H2,1-2H3,(H,19,20). The summed E-state index contributed by atoms with van der Waals surface area (Å²) in [5.41, 5.74) is 6.11. The highest BCUT2D eigenvalue weighted by molar-refractivity contribution is 6.31. The SMILES string of the molecule is COc1ccc(Cl)cc1C(=O)NC1(CN)CCCCC1C. The fourth-order valence-corrected chi connectivity index (χ4v) is 3.28. The molecule has 1 aromatic carbocycles. The van der Waals surface area contributed by atoms with Crippen LogP contribution >= 0.6 is 11.6 Å². The van der Waals surface area contributed by atoms with Crippen LogP contribution in [0, 0.1) is 5.92 Å². The fourth-order valence-electron chi connectivity index (χ4n) is 3.10. The maximum absolute atomic E-state index is 12.6. The molecular weight excluding hydrogens is 288 g/mol. The molecule has 0 saturated heterocycles. The van der Waals surface area contributed by atoms with Crippen LogP contribution in [0.25, 0.3) is 0 Å². The first-order chi connectivity index (χ1) is 10.0. The zero-order valence-corrected chi connectivity index (χ0v) is 13.4. The van der Waals surface area contributed by atoms with E-state index in [-0.39, 0.29) is 11.4 Å². The van der Waals surface area contributed by atoms with Crippen LogP contribution in [-0.4, -0.2) is 25.1 Å². The smallest absolute Gasteiger partial charge is 0.255 e. The number of halogens is 1. The molecule has 0 spiro atoms. The second-order valence-electron chi connectivity index (χ2n) is 5.81. The van der Waals surface area contributed by atoms with Gasteiger partial charge in [0, 0.05) is 11.6 Å². The number of hydrogen-bond donors (Lipinski definition) is 2. The predicted molar refractivity (Wildman–Crippen MR) is 84.9 cm³/mol. The van der Waals surface area contributed by atoms with E-state index in [1.165, 1.54) is 6.42 Å². The van der Waals surface area contributed by atoms with Gasteiger partial charge in [0.2, 0.25) is 0 Å². The molecule has 0 radical (unpaired) electrons. The number of nitrogens with two attached hydrogens (primary N) is 1. The lowest BCUT2D eigenvalue weighted by Crippen LogP contribution is -2.59. The summed E-state index contributed by atoms with van der Waals surface area (Å²) in [6.07, 6.45) is 4.29. The van der Waals surface area contributed by atoms with Crippen molar-refractivity contribution in [3.8, 4) is 5.75 Å². The number of nitrogens with one attached hydrogen (secondary N) is 1. The molecule has 1 saturated carbocycles. The molecule has 1 aromatic rings. The lowest BCUT2D eigenvalue weighted by Gasteiger charge is -2.42. The Bertz CT molecular complexity index is 521. The van der Waals surface area contributed by atoms with Gasteiger partial charge < -0.3 is 15.8 Å². The van der Waals surface area contributed by atoms with Crippen LogP contribution in [0.1, 0.15) is 43.0 Å². The summed E-state index contributed by atoms with van der Waals surface area (Å²) in [6, 6.07) is 5.04. The molecule has 1 aliphatic rings. The number of carbonyl (C=O) groups is 1. The van der Waals surface area contributed by atoms with E-state index in [4.69, 9.17) is 22.1 Å². The largest absolute Gasteiger partial charge is 0.496 e. The maximum Gasteiger partial charge on any atom is 0.255 e. The van der Waals surface area contributed by atoms with E-state index in [9.17, 15) is 4.79 Å². The van der Waals surface area contributed by atoms with Gasteiger partial charge in [0.15, 0.2) is 0 Å². The van der Waals surface area contributed by atoms with E-state index in [0.29, 0.717) is 28.8 Å². The molecule has 0 bridgehead atoms. The van der Waals surface area contributed by atoms with Gasteiger partial charge in [0.05, 0.1) is 18.2 Å². The van der Waals surface area contributed by atoms with Gasteiger partial charge in [0.25, 0.3) is 5.91 Å². The molecule has 2 unspecified atom stereocenters. The molecule has 3 N–H and O–H groups in total. The monoisotopic (exact) mass is 310 g/mol. The number of rotatable bonds is 4. The van der Waals surface area contributed by atoms with E-state index in [0.717, 1.165) is 19.3 Å². The van der Waals surface area contributed by atoms with E-state index in [1.807, 2.05) is 0 Å². The van der Waals surface area contributed by atoms with E-state index < -0.39 is 0 Å². The van der Waals surface area contributed by atoms with Gasteiger partial charge in [-0.1, -0.05) is 31.4 Å². The van der Waals surface area contributed by atoms with Gasteiger partial charge in [-0.3, -0.25) is 4.79 Å². The van der Waals surface area contributed by atoms with E-state index in [1.54, 1.807) is 25.3 Å². The van der Waals surface area contributed by atoms with Crippen LogP contribution in [0.2, 0.25) is 5.02 Å². The second kappa shape index (κ2) is 6.67. The van der Waals surface area contributed by atoms with Crippen molar-refractivity contribution in [1.29, 1.82) is 0 Å². The average molecular weight is 311 g/mol. The molecule has 4 nitrogen and oxygen atoms in total. The van der Waals surface area contributed by atoms with Crippen LogP contribution in [0.5, 0.6) is 5.75 Å². The van der Waals surface area contributed by atoms with Gasteiger partial charge in [-0.2, -0.15) is 0 Å². The molecule has 0 heterocycles. The Morgan fingerprint density at radius 2 is 2.29 bits per heavy atom. The topological polar surface area (TPSA) is 64.3 Å².